The molecule has 0 aliphatic carbocycles. The summed E-state index contributed by atoms with van der Waals surface area (Å²) in [6.45, 7) is 8.73. The summed E-state index contributed by atoms with van der Waals surface area (Å²) in [6.07, 6.45) is 2.68. The normalized spacial score (nSPS) is 29.2. The maximum Gasteiger partial charge on any atom is 0.329 e. The van der Waals surface area contributed by atoms with Gasteiger partial charge < -0.3 is 26.0 Å². The highest BCUT2D eigenvalue weighted by atomic mass is 33.1. The topological polar surface area (TPSA) is 143 Å². The summed E-state index contributed by atoms with van der Waals surface area (Å²) in [5.41, 5.74) is -0.0305. The number of nitrogens with one attached hydrogen (secondary N) is 4. The van der Waals surface area contributed by atoms with E-state index in [0.29, 0.717) is 6.42 Å². The van der Waals surface area contributed by atoms with Crippen LogP contribution in [0.4, 0.5) is 0 Å². The molecule has 2 fully saturated rings. The average molecular weight is 543 g/mol. The van der Waals surface area contributed by atoms with E-state index < -0.39 is 53.8 Å². The van der Waals surface area contributed by atoms with Crippen LogP contribution < -0.4 is 21.3 Å². The van der Waals surface area contributed by atoms with Crippen molar-refractivity contribution in [2.75, 3.05) is 11.5 Å². The van der Waals surface area contributed by atoms with Crippen LogP contribution in [-0.2, 0) is 28.7 Å². The minimum absolute atomic E-state index is 0.0305. The van der Waals surface area contributed by atoms with Gasteiger partial charge in [0.1, 0.15) is 29.9 Å². The Morgan fingerprint density at radius 1 is 0.889 bits per heavy atom. The molecule has 202 valence electrons. The lowest BCUT2D eigenvalue weighted by atomic mass is 10.0. The number of allylic oxidation sites excluding steroid dienone is 1. The Balaban J connectivity index is 2.52. The maximum atomic E-state index is 13.2. The summed E-state index contributed by atoms with van der Waals surface area (Å²) in [4.78, 5) is 65.3. The van der Waals surface area contributed by atoms with Crippen LogP contribution in [0, 0.1) is 11.8 Å². The van der Waals surface area contributed by atoms with E-state index in [1.807, 2.05) is 0 Å². The number of ether oxygens (including phenoxy) is 1. The Morgan fingerprint density at radius 2 is 1.58 bits per heavy atom. The summed E-state index contributed by atoms with van der Waals surface area (Å²) in [6, 6.07) is -2.79. The number of carbonyl (C=O) groups excluding carboxylic acids is 5. The fourth-order valence-electron chi connectivity index (χ4n) is 3.76. The zero-order valence-electron chi connectivity index (χ0n) is 21.6. The number of hydrogen-bond acceptors (Lipinski definition) is 8. The molecular formula is C24H38N4O6S2. The molecule has 0 spiro atoms. The highest BCUT2D eigenvalue weighted by molar-refractivity contribution is 8.76. The van der Waals surface area contributed by atoms with Gasteiger partial charge in [-0.15, -0.1) is 0 Å². The highest BCUT2D eigenvalue weighted by Crippen LogP contribution is 2.25. The van der Waals surface area contributed by atoms with Crippen molar-refractivity contribution < 1.29 is 28.7 Å². The van der Waals surface area contributed by atoms with Crippen LogP contribution in [0.15, 0.2) is 11.8 Å². The van der Waals surface area contributed by atoms with Gasteiger partial charge in [0.25, 0.3) is 5.91 Å². The maximum absolute atomic E-state index is 13.2. The number of amides is 4. The standard InChI is InChI=1S/C24H38N4O6S2/c1-6-16-21(30)28-20(14(4)5)24(33)34-15-9-7-8-10-35-36-12-17(22(31)25-16)26-23(32)19(13(2)3)27-18(29)11-15/h6,13-15,17,19-20H,7-12H2,1-5H3,(H,25,31)(H,26,32)(H,27,29)(H,28,30)/b16-6+/t15?,17?,19-,20-/m1/s1. The molecule has 4 amide bonds. The number of esters is 1. The third-order valence-electron chi connectivity index (χ3n) is 5.91. The number of hydrogen-bond donors (Lipinski definition) is 4. The first-order chi connectivity index (χ1) is 17.0. The highest BCUT2D eigenvalue weighted by Gasteiger charge is 2.34. The van der Waals surface area contributed by atoms with Gasteiger partial charge in [-0.2, -0.15) is 0 Å². The lowest BCUT2D eigenvalue weighted by molar-refractivity contribution is -0.156. The van der Waals surface area contributed by atoms with Crippen LogP contribution in [0.5, 0.6) is 0 Å². The van der Waals surface area contributed by atoms with Gasteiger partial charge in [0.15, 0.2) is 0 Å². The molecule has 0 aromatic rings. The van der Waals surface area contributed by atoms with Gasteiger partial charge in [-0.25, -0.2) is 4.79 Å². The molecule has 2 saturated heterocycles. The molecule has 2 aliphatic rings. The zero-order chi connectivity index (χ0) is 26.8. The smallest absolute Gasteiger partial charge is 0.329 e. The summed E-state index contributed by atoms with van der Waals surface area (Å²) in [7, 11) is 3.03. The molecule has 0 aromatic heterocycles. The monoisotopic (exact) mass is 542 g/mol. The fourth-order valence-corrected chi connectivity index (χ4v) is 6.07. The molecule has 0 saturated carbocycles. The second kappa shape index (κ2) is 14.5. The van der Waals surface area contributed by atoms with Crippen molar-refractivity contribution in [2.24, 2.45) is 11.8 Å². The van der Waals surface area contributed by atoms with Gasteiger partial charge in [-0.05, 0) is 38.0 Å². The first-order valence-corrected chi connectivity index (χ1v) is 14.8. The van der Waals surface area contributed by atoms with Gasteiger partial charge in [-0.3, -0.25) is 19.2 Å². The minimum Gasteiger partial charge on any atom is -0.460 e. The Bertz CT molecular complexity index is 864. The van der Waals surface area contributed by atoms with Crippen molar-refractivity contribution in [3.63, 3.8) is 0 Å². The van der Waals surface area contributed by atoms with E-state index in [4.69, 9.17) is 4.74 Å². The van der Waals surface area contributed by atoms with Gasteiger partial charge in [0.05, 0.1) is 6.42 Å². The van der Waals surface area contributed by atoms with Crippen molar-refractivity contribution in [3.05, 3.63) is 11.8 Å². The Kier molecular flexibility index (Phi) is 12.1. The first-order valence-electron chi connectivity index (χ1n) is 12.4. The van der Waals surface area contributed by atoms with E-state index in [9.17, 15) is 24.0 Å². The average Bonchev–Trinajstić information content (AvgIpc) is 2.81. The van der Waals surface area contributed by atoms with Crippen LogP contribution in [0.25, 0.3) is 0 Å². The second-order valence-corrected chi connectivity index (χ2v) is 12.2. The molecule has 10 nitrogen and oxygen atoms in total. The molecule has 4 atom stereocenters. The molecule has 4 N–H and O–H groups in total. The van der Waals surface area contributed by atoms with Gasteiger partial charge in [0.2, 0.25) is 17.7 Å². The summed E-state index contributed by atoms with van der Waals surface area (Å²) >= 11 is 0. The Labute approximate surface area is 220 Å². The van der Waals surface area contributed by atoms with Gasteiger partial charge in [0, 0.05) is 11.5 Å². The molecule has 2 bridgehead atoms. The van der Waals surface area contributed by atoms with Crippen molar-refractivity contribution in [1.82, 2.24) is 21.3 Å². The Hall–Kier alpha value is -2.21. The molecule has 2 aliphatic heterocycles. The van der Waals surface area contributed by atoms with E-state index in [-0.39, 0.29) is 29.7 Å². The molecule has 12 heteroatoms. The molecule has 0 aromatic carbocycles. The minimum atomic E-state index is -0.969. The first kappa shape index (κ1) is 30.0. The van der Waals surface area contributed by atoms with E-state index in [1.54, 1.807) is 45.4 Å². The van der Waals surface area contributed by atoms with Crippen LogP contribution in [0.2, 0.25) is 0 Å². The molecule has 2 unspecified atom stereocenters. The Morgan fingerprint density at radius 3 is 2.22 bits per heavy atom. The fraction of sp³-hybridized carbons (Fsp3) is 0.708. The summed E-state index contributed by atoms with van der Waals surface area (Å²) < 4.78 is 5.74. The number of fused-ring (bicyclic) bond motifs is 7. The van der Waals surface area contributed by atoms with E-state index in [2.05, 4.69) is 21.3 Å². The van der Waals surface area contributed by atoms with E-state index in [1.165, 1.54) is 16.9 Å². The molecule has 36 heavy (non-hydrogen) atoms. The van der Waals surface area contributed by atoms with Crippen LogP contribution in [0.1, 0.15) is 60.3 Å². The molecule has 0 radical (unpaired) electrons. The SMILES string of the molecule is C/C=C1/NC(=O)C2CSSCCCCC(CC(=O)N[C@H](C(C)C)C(=O)N2)OC(=O)[C@@H](C(C)C)NC1=O. The molecule has 2 heterocycles. The lowest BCUT2D eigenvalue weighted by Crippen LogP contribution is -2.57. The third kappa shape index (κ3) is 9.02. The van der Waals surface area contributed by atoms with E-state index in [0.717, 1.165) is 18.6 Å². The number of carbonyl (C=O) groups is 5. The van der Waals surface area contributed by atoms with Gasteiger partial charge >= 0.3 is 5.97 Å². The molecular weight excluding hydrogens is 504 g/mol. The van der Waals surface area contributed by atoms with Gasteiger partial charge in [-0.1, -0.05) is 55.4 Å². The quantitative estimate of drug-likeness (QED) is 0.234. The predicted molar refractivity (Wildman–Crippen MR) is 141 cm³/mol. The second-order valence-electron chi connectivity index (χ2n) is 9.60. The van der Waals surface area contributed by atoms with Crippen molar-refractivity contribution >= 4 is 51.2 Å². The summed E-state index contributed by atoms with van der Waals surface area (Å²) in [5, 5.41) is 10.8. The van der Waals surface area contributed by atoms with E-state index >= 15 is 0 Å². The number of rotatable bonds is 2. The predicted octanol–water partition coefficient (Wildman–Crippen LogP) is 1.65. The van der Waals surface area contributed by atoms with Crippen LogP contribution in [-0.4, -0.2) is 65.3 Å². The zero-order valence-corrected chi connectivity index (χ0v) is 23.2. The van der Waals surface area contributed by atoms with Crippen LogP contribution >= 0.6 is 21.6 Å². The van der Waals surface area contributed by atoms with Crippen LogP contribution in [0.3, 0.4) is 0 Å². The lowest BCUT2D eigenvalue weighted by Gasteiger charge is -2.28. The largest absolute Gasteiger partial charge is 0.460 e. The third-order valence-corrected chi connectivity index (χ3v) is 8.41. The summed E-state index contributed by atoms with van der Waals surface area (Å²) in [5.74, 6) is -2.24. The van der Waals surface area contributed by atoms with Crippen molar-refractivity contribution in [2.45, 2.75) is 84.5 Å². The van der Waals surface area contributed by atoms with Crippen molar-refractivity contribution in [1.29, 1.82) is 0 Å². The molecule has 2 rings (SSSR count). The van der Waals surface area contributed by atoms with Crippen molar-refractivity contribution in [3.8, 4) is 0 Å².